The van der Waals surface area contributed by atoms with Crippen LogP contribution in [0, 0.1) is 0 Å². The first-order valence-corrected chi connectivity index (χ1v) is 15.3. The molecule has 0 N–H and O–H groups in total. The minimum atomic E-state index is -0.685. The number of carbonyl (C=O) groups excluding carboxylic acids is 1. The molecule has 0 spiro atoms. The van der Waals surface area contributed by atoms with Gasteiger partial charge in [-0.05, 0) is 61.0 Å². The van der Waals surface area contributed by atoms with E-state index in [1.54, 1.807) is 22.7 Å². The quantitative estimate of drug-likeness (QED) is 0.251. The smallest absolute Gasteiger partial charge is 0.271 e. The molecule has 10 heteroatoms. The minimum Gasteiger partial charge on any atom is -0.496 e. The number of methoxy groups -OCH3 is 1. The predicted molar refractivity (Wildman–Crippen MR) is 162 cm³/mol. The van der Waals surface area contributed by atoms with E-state index in [-0.39, 0.29) is 11.5 Å². The number of allylic oxidation sites excluding steroid dienone is 1. The molecule has 0 fully saturated rings. The van der Waals surface area contributed by atoms with Gasteiger partial charge in [0.05, 0.1) is 27.4 Å². The summed E-state index contributed by atoms with van der Waals surface area (Å²) in [5.41, 5.74) is 1.53. The molecule has 3 heterocycles. The van der Waals surface area contributed by atoms with Gasteiger partial charge in [0.15, 0.2) is 9.89 Å². The van der Waals surface area contributed by atoms with Crippen molar-refractivity contribution in [2.75, 3.05) is 20.2 Å². The van der Waals surface area contributed by atoms with Crippen LogP contribution >= 0.6 is 39.0 Å². The number of nitrogens with zero attached hydrogens (tertiary/aromatic N) is 3. The highest BCUT2D eigenvalue weighted by molar-refractivity contribution is 9.10. The normalized spacial score (nSPS) is 15.1. The van der Waals surface area contributed by atoms with E-state index in [1.807, 2.05) is 81.4 Å². The van der Waals surface area contributed by atoms with Gasteiger partial charge in [-0.15, -0.1) is 0 Å². The highest BCUT2D eigenvalue weighted by atomic mass is 79.9. The fraction of sp³-hybridized carbons (Fsp3) is 0.233. The zero-order valence-corrected chi connectivity index (χ0v) is 25.7. The largest absolute Gasteiger partial charge is 0.496 e. The van der Waals surface area contributed by atoms with E-state index in [0.717, 1.165) is 14.9 Å². The number of ether oxygens (including phenoxy) is 1. The molecule has 2 aromatic heterocycles. The van der Waals surface area contributed by atoms with Gasteiger partial charge in [-0.2, -0.15) is 0 Å². The summed E-state index contributed by atoms with van der Waals surface area (Å²) in [5, 5.41) is 0.695. The zero-order valence-electron chi connectivity index (χ0n) is 22.5. The maximum absolute atomic E-state index is 14.0. The first kappa shape index (κ1) is 28.2. The van der Waals surface area contributed by atoms with Gasteiger partial charge < -0.3 is 14.1 Å². The average Bonchev–Trinajstić information content (AvgIpc) is 3.46. The lowest BCUT2D eigenvalue weighted by molar-refractivity contribution is -0.127. The standard InChI is InChI=1S/C30H28BrN3O4S2/c1-5-33(6-2)28(36)25-18(3)32-30-34(26(25)21-14-10-11-15-23(21)37-4)27(35)24(40-30)17-19-16-22(31)29(38-19)39-20-12-8-7-9-13-20/h7-17,26H,5-6H2,1-4H3/b24-17+/t26-/m1/s1. The van der Waals surface area contributed by atoms with E-state index in [9.17, 15) is 9.59 Å². The van der Waals surface area contributed by atoms with Crippen molar-refractivity contribution in [1.29, 1.82) is 0 Å². The van der Waals surface area contributed by atoms with Crippen LogP contribution in [-0.2, 0) is 4.79 Å². The molecule has 1 aliphatic rings. The number of hydrogen-bond acceptors (Lipinski definition) is 7. The molecule has 40 heavy (non-hydrogen) atoms. The Bertz CT molecular complexity index is 1770. The Morgan fingerprint density at radius 1 is 1.18 bits per heavy atom. The van der Waals surface area contributed by atoms with Crippen molar-refractivity contribution in [1.82, 2.24) is 9.47 Å². The third-order valence-corrected chi connectivity index (χ3v) is 9.47. The summed E-state index contributed by atoms with van der Waals surface area (Å²) in [5.74, 6) is 0.993. The van der Waals surface area contributed by atoms with Gasteiger partial charge in [0.25, 0.3) is 11.5 Å². The Labute approximate surface area is 248 Å². The molecule has 0 bridgehead atoms. The fourth-order valence-electron chi connectivity index (χ4n) is 4.70. The number of halogens is 1. The van der Waals surface area contributed by atoms with Gasteiger partial charge in [0, 0.05) is 29.6 Å². The van der Waals surface area contributed by atoms with Crippen molar-refractivity contribution < 1.29 is 13.9 Å². The SMILES string of the molecule is CCN(CC)C(=O)C1=C(C)N=c2s/c(=C/c3cc(Br)c(Sc4ccccc4)o3)c(=O)n2[C@@H]1c1ccccc1OC. The van der Waals surface area contributed by atoms with Crippen LogP contribution in [-0.4, -0.2) is 35.6 Å². The van der Waals surface area contributed by atoms with Crippen LogP contribution in [0.1, 0.15) is 38.1 Å². The van der Waals surface area contributed by atoms with E-state index >= 15 is 0 Å². The molecular formula is C30H28BrN3O4S2. The number of carbonyl (C=O) groups is 1. The molecule has 0 aliphatic carbocycles. The molecule has 0 radical (unpaired) electrons. The molecule has 4 aromatic rings. The van der Waals surface area contributed by atoms with Crippen molar-refractivity contribution in [3.05, 3.63) is 107 Å². The minimum absolute atomic E-state index is 0.144. The highest BCUT2D eigenvalue weighted by Crippen LogP contribution is 2.37. The second-order valence-corrected chi connectivity index (χ2v) is 11.9. The third-order valence-electron chi connectivity index (χ3n) is 6.64. The number of likely N-dealkylation sites (N-methyl/N-ethyl adjacent to an activating group) is 1. The van der Waals surface area contributed by atoms with Gasteiger partial charge in [-0.1, -0.05) is 59.5 Å². The Morgan fingerprint density at radius 2 is 1.88 bits per heavy atom. The summed E-state index contributed by atoms with van der Waals surface area (Å²) in [6.07, 6.45) is 1.73. The number of furan rings is 1. The van der Waals surface area contributed by atoms with Crippen LogP contribution < -0.4 is 19.6 Å². The number of rotatable bonds is 8. The lowest BCUT2D eigenvalue weighted by Crippen LogP contribution is -2.43. The van der Waals surface area contributed by atoms with E-state index in [2.05, 4.69) is 15.9 Å². The van der Waals surface area contributed by atoms with Gasteiger partial charge in [-0.3, -0.25) is 14.2 Å². The number of para-hydroxylation sites is 1. The molecule has 1 aliphatic heterocycles. The zero-order chi connectivity index (χ0) is 28.4. The Kier molecular flexibility index (Phi) is 8.48. The van der Waals surface area contributed by atoms with Crippen LogP contribution in [0.25, 0.3) is 6.08 Å². The summed E-state index contributed by atoms with van der Waals surface area (Å²) in [7, 11) is 1.59. The number of benzene rings is 2. The Balaban J connectivity index is 1.65. The van der Waals surface area contributed by atoms with Gasteiger partial charge in [-0.25, -0.2) is 4.99 Å². The van der Waals surface area contributed by atoms with Crippen LogP contribution in [0.2, 0.25) is 0 Å². The third kappa shape index (κ3) is 5.35. The summed E-state index contributed by atoms with van der Waals surface area (Å²) in [6, 6.07) is 18.6. The number of aromatic nitrogens is 1. The number of amides is 1. The number of thiazole rings is 1. The van der Waals surface area contributed by atoms with E-state index in [1.165, 1.54) is 23.1 Å². The first-order chi connectivity index (χ1) is 19.4. The molecular weight excluding hydrogens is 610 g/mol. The molecule has 7 nitrogen and oxygen atoms in total. The second kappa shape index (κ2) is 12.0. The summed E-state index contributed by atoms with van der Waals surface area (Å²) < 4.78 is 14.6. The maximum Gasteiger partial charge on any atom is 0.271 e. The highest BCUT2D eigenvalue weighted by Gasteiger charge is 2.35. The molecule has 1 amide bonds. The lowest BCUT2D eigenvalue weighted by Gasteiger charge is -2.29. The number of fused-ring (bicyclic) bond motifs is 1. The van der Waals surface area contributed by atoms with Crippen LogP contribution in [0.15, 0.2) is 101 Å². The van der Waals surface area contributed by atoms with Crippen molar-refractivity contribution in [2.45, 2.75) is 36.8 Å². The van der Waals surface area contributed by atoms with Crippen molar-refractivity contribution in [3.8, 4) is 5.75 Å². The predicted octanol–water partition coefficient (Wildman–Crippen LogP) is 5.62. The number of hydrogen-bond donors (Lipinski definition) is 0. The topological polar surface area (TPSA) is 77.0 Å². The molecule has 0 unspecified atom stereocenters. The van der Waals surface area contributed by atoms with E-state index in [4.69, 9.17) is 14.1 Å². The van der Waals surface area contributed by atoms with Gasteiger partial charge in [0.1, 0.15) is 17.6 Å². The van der Waals surface area contributed by atoms with Crippen LogP contribution in [0.4, 0.5) is 0 Å². The average molecular weight is 639 g/mol. The maximum atomic E-state index is 14.0. The molecule has 0 saturated heterocycles. The Hall–Kier alpha value is -3.34. The summed E-state index contributed by atoms with van der Waals surface area (Å²) >= 11 is 6.35. The second-order valence-electron chi connectivity index (χ2n) is 9.00. The monoisotopic (exact) mass is 637 g/mol. The van der Waals surface area contributed by atoms with Crippen LogP contribution in [0.3, 0.4) is 0 Å². The van der Waals surface area contributed by atoms with Crippen LogP contribution in [0.5, 0.6) is 5.75 Å². The Morgan fingerprint density at radius 3 is 2.58 bits per heavy atom. The van der Waals surface area contributed by atoms with Gasteiger partial charge >= 0.3 is 0 Å². The van der Waals surface area contributed by atoms with Crippen molar-refractivity contribution >= 4 is 51.0 Å². The van der Waals surface area contributed by atoms with E-state index < -0.39 is 6.04 Å². The molecule has 5 rings (SSSR count). The molecule has 2 aromatic carbocycles. The lowest BCUT2D eigenvalue weighted by atomic mass is 9.94. The summed E-state index contributed by atoms with van der Waals surface area (Å²) in [6.45, 7) is 6.80. The van der Waals surface area contributed by atoms with E-state index in [0.29, 0.717) is 50.3 Å². The molecule has 206 valence electrons. The fourth-order valence-corrected chi connectivity index (χ4v) is 7.08. The van der Waals surface area contributed by atoms with Crippen molar-refractivity contribution in [3.63, 3.8) is 0 Å². The van der Waals surface area contributed by atoms with Gasteiger partial charge in [0.2, 0.25) is 0 Å². The molecule has 1 atom stereocenters. The first-order valence-electron chi connectivity index (χ1n) is 12.8. The molecule has 0 saturated carbocycles. The van der Waals surface area contributed by atoms with Crippen molar-refractivity contribution in [2.24, 2.45) is 4.99 Å². The summed E-state index contributed by atoms with van der Waals surface area (Å²) in [4.78, 5) is 35.8.